The molecule has 0 radical (unpaired) electrons. The smallest absolute Gasteiger partial charge is 0.339 e. The van der Waals surface area contributed by atoms with E-state index in [-0.39, 0.29) is 18.4 Å². The quantitative estimate of drug-likeness (QED) is 0.717. The number of carbonyl (C=O) groups excluding carboxylic acids is 3. The monoisotopic (exact) mass is 385 g/mol. The van der Waals surface area contributed by atoms with E-state index in [1.807, 2.05) is 38.1 Å². The third kappa shape index (κ3) is 4.42. The van der Waals surface area contributed by atoms with Crippen LogP contribution in [-0.2, 0) is 22.4 Å². The van der Waals surface area contributed by atoms with E-state index in [9.17, 15) is 14.4 Å². The number of aryl methyl sites for hydroxylation is 2. The molecule has 1 aromatic heterocycles. The number of esters is 1. The lowest BCUT2D eigenvalue weighted by molar-refractivity contribution is -0.116. The Morgan fingerprint density at radius 1 is 1.14 bits per heavy atom. The number of hydrogen-bond donors (Lipinski definition) is 2. The second-order valence-electron chi connectivity index (χ2n) is 6.54. The number of aromatic amines is 1. The minimum Gasteiger partial charge on any atom is -0.465 e. The molecule has 0 fully saturated rings. The summed E-state index contributed by atoms with van der Waals surface area (Å²) in [6.45, 7) is 5.48. The Morgan fingerprint density at radius 3 is 2.43 bits per heavy atom. The Balaban J connectivity index is 2.15. The Bertz CT molecular complexity index is 886. The Labute approximate surface area is 165 Å². The third-order valence-electron chi connectivity index (χ3n) is 4.68. The predicted octanol–water partition coefficient (Wildman–Crippen LogP) is 2.95. The van der Waals surface area contributed by atoms with Gasteiger partial charge in [-0.3, -0.25) is 9.59 Å². The number of nitrogens with zero attached hydrogens (tertiary/aromatic N) is 1. The summed E-state index contributed by atoms with van der Waals surface area (Å²) in [5.41, 5.74) is 3.61. The molecule has 0 saturated carbocycles. The van der Waals surface area contributed by atoms with Gasteiger partial charge in [-0.1, -0.05) is 32.0 Å². The van der Waals surface area contributed by atoms with Gasteiger partial charge in [0.1, 0.15) is 5.69 Å². The Kier molecular flexibility index (Phi) is 6.98. The predicted molar refractivity (Wildman–Crippen MR) is 108 cm³/mol. The fourth-order valence-electron chi connectivity index (χ4n) is 3.13. The molecule has 0 aliphatic carbocycles. The molecule has 2 aromatic rings. The Morgan fingerprint density at radius 2 is 1.82 bits per heavy atom. The van der Waals surface area contributed by atoms with Crippen LogP contribution in [0.15, 0.2) is 24.3 Å². The Hall–Kier alpha value is -3.09. The number of likely N-dealkylation sites (N-methyl/N-ethyl adjacent to an activating group) is 1. The first-order chi connectivity index (χ1) is 13.3. The van der Waals surface area contributed by atoms with Gasteiger partial charge in [0.15, 0.2) is 0 Å². The average Bonchev–Trinajstić information content (AvgIpc) is 3.03. The SMILES string of the molecule is CCc1ccccc1NC(=O)CN(C)C(=O)c1[nH]c(CC)c(C(=O)OC)c1C. The number of methoxy groups -OCH3 is 1. The highest BCUT2D eigenvalue weighted by atomic mass is 16.5. The molecule has 2 N–H and O–H groups in total. The fraction of sp³-hybridized carbons (Fsp3) is 0.381. The summed E-state index contributed by atoms with van der Waals surface area (Å²) in [5.74, 6) is -1.13. The zero-order valence-electron chi connectivity index (χ0n) is 17.0. The molecule has 0 aliphatic heterocycles. The van der Waals surface area contributed by atoms with Crippen molar-refractivity contribution < 1.29 is 19.1 Å². The molecule has 150 valence electrons. The van der Waals surface area contributed by atoms with E-state index in [2.05, 4.69) is 10.3 Å². The van der Waals surface area contributed by atoms with Crippen LogP contribution >= 0.6 is 0 Å². The number of hydrogen-bond acceptors (Lipinski definition) is 4. The van der Waals surface area contributed by atoms with E-state index in [0.29, 0.717) is 28.9 Å². The van der Waals surface area contributed by atoms with Crippen LogP contribution in [0.3, 0.4) is 0 Å². The third-order valence-corrected chi connectivity index (χ3v) is 4.68. The molecule has 2 rings (SSSR count). The summed E-state index contributed by atoms with van der Waals surface area (Å²) in [4.78, 5) is 41.6. The van der Waals surface area contributed by atoms with E-state index in [4.69, 9.17) is 4.74 Å². The van der Waals surface area contributed by atoms with E-state index >= 15 is 0 Å². The van der Waals surface area contributed by atoms with Gasteiger partial charge in [0.2, 0.25) is 5.91 Å². The maximum Gasteiger partial charge on any atom is 0.339 e. The number of aromatic nitrogens is 1. The second-order valence-corrected chi connectivity index (χ2v) is 6.54. The molecule has 0 aliphatic rings. The molecule has 2 amide bonds. The van der Waals surface area contributed by atoms with Gasteiger partial charge in [-0.05, 0) is 37.0 Å². The molecule has 28 heavy (non-hydrogen) atoms. The summed E-state index contributed by atoms with van der Waals surface area (Å²) in [6.07, 6.45) is 1.35. The number of para-hydroxylation sites is 1. The van der Waals surface area contributed by atoms with E-state index < -0.39 is 5.97 Å². The van der Waals surface area contributed by atoms with Crippen LogP contribution in [0.2, 0.25) is 0 Å². The zero-order valence-corrected chi connectivity index (χ0v) is 17.0. The topological polar surface area (TPSA) is 91.5 Å². The summed E-state index contributed by atoms with van der Waals surface area (Å²) in [6, 6.07) is 7.56. The van der Waals surface area contributed by atoms with Crippen molar-refractivity contribution in [1.82, 2.24) is 9.88 Å². The molecule has 0 saturated heterocycles. The van der Waals surface area contributed by atoms with Crippen molar-refractivity contribution in [2.75, 3.05) is 26.0 Å². The lowest BCUT2D eigenvalue weighted by Gasteiger charge is -2.17. The summed E-state index contributed by atoms with van der Waals surface area (Å²) in [5, 5.41) is 2.85. The zero-order chi connectivity index (χ0) is 20.8. The molecule has 1 heterocycles. The number of H-pyrrole nitrogens is 1. The molecule has 0 unspecified atom stereocenters. The number of benzene rings is 1. The fourth-order valence-corrected chi connectivity index (χ4v) is 3.13. The van der Waals surface area contributed by atoms with Gasteiger partial charge < -0.3 is 19.9 Å². The molecule has 0 spiro atoms. The number of anilines is 1. The number of amides is 2. The molecule has 7 heteroatoms. The van der Waals surface area contributed by atoms with Crippen molar-refractivity contribution in [3.63, 3.8) is 0 Å². The van der Waals surface area contributed by atoms with Crippen LogP contribution < -0.4 is 5.32 Å². The molecule has 0 bridgehead atoms. The van der Waals surface area contributed by atoms with Crippen LogP contribution in [0.1, 0.15) is 51.5 Å². The van der Waals surface area contributed by atoms with Crippen LogP contribution in [-0.4, -0.2) is 48.4 Å². The summed E-state index contributed by atoms with van der Waals surface area (Å²) < 4.78 is 4.82. The first-order valence-electron chi connectivity index (χ1n) is 9.26. The molecular weight excluding hydrogens is 358 g/mol. The van der Waals surface area contributed by atoms with Crippen molar-refractivity contribution in [3.05, 3.63) is 52.3 Å². The van der Waals surface area contributed by atoms with Gasteiger partial charge in [-0.25, -0.2) is 4.79 Å². The van der Waals surface area contributed by atoms with Crippen molar-refractivity contribution >= 4 is 23.5 Å². The highest BCUT2D eigenvalue weighted by Crippen LogP contribution is 2.21. The van der Waals surface area contributed by atoms with Crippen LogP contribution in [0, 0.1) is 6.92 Å². The first-order valence-corrected chi connectivity index (χ1v) is 9.26. The molecule has 0 atom stereocenters. The number of nitrogens with one attached hydrogen (secondary N) is 2. The van der Waals surface area contributed by atoms with Crippen LogP contribution in [0.5, 0.6) is 0 Å². The van der Waals surface area contributed by atoms with E-state index in [0.717, 1.165) is 17.7 Å². The lowest BCUT2D eigenvalue weighted by Crippen LogP contribution is -2.35. The maximum atomic E-state index is 12.8. The number of rotatable bonds is 7. The molecule has 7 nitrogen and oxygen atoms in total. The van der Waals surface area contributed by atoms with E-state index in [1.165, 1.54) is 12.0 Å². The van der Waals surface area contributed by atoms with Gasteiger partial charge in [0.05, 0.1) is 19.2 Å². The molecular formula is C21H27N3O4. The van der Waals surface area contributed by atoms with Gasteiger partial charge in [-0.15, -0.1) is 0 Å². The maximum absolute atomic E-state index is 12.8. The summed E-state index contributed by atoms with van der Waals surface area (Å²) in [7, 11) is 2.86. The van der Waals surface area contributed by atoms with E-state index in [1.54, 1.807) is 14.0 Å². The normalized spacial score (nSPS) is 10.5. The van der Waals surface area contributed by atoms with Crippen LogP contribution in [0.25, 0.3) is 0 Å². The second kappa shape index (κ2) is 9.21. The van der Waals surface area contributed by atoms with Gasteiger partial charge in [-0.2, -0.15) is 0 Å². The number of ether oxygens (including phenoxy) is 1. The average molecular weight is 385 g/mol. The largest absolute Gasteiger partial charge is 0.465 e. The van der Waals surface area contributed by atoms with Crippen molar-refractivity contribution in [1.29, 1.82) is 0 Å². The minimum absolute atomic E-state index is 0.107. The first kappa shape index (κ1) is 21.2. The van der Waals surface area contributed by atoms with Crippen molar-refractivity contribution in [2.24, 2.45) is 0 Å². The number of carbonyl (C=O) groups is 3. The van der Waals surface area contributed by atoms with Crippen LogP contribution in [0.4, 0.5) is 5.69 Å². The highest BCUT2D eigenvalue weighted by molar-refractivity contribution is 6.02. The van der Waals surface area contributed by atoms with Gasteiger partial charge in [0, 0.05) is 18.4 Å². The lowest BCUT2D eigenvalue weighted by atomic mass is 10.1. The molecule has 1 aromatic carbocycles. The summed E-state index contributed by atoms with van der Waals surface area (Å²) >= 11 is 0. The highest BCUT2D eigenvalue weighted by Gasteiger charge is 2.26. The minimum atomic E-state index is -0.485. The van der Waals surface area contributed by atoms with Gasteiger partial charge in [0.25, 0.3) is 5.91 Å². The standard InChI is InChI=1S/C21H27N3O4/c1-6-14-10-8-9-11-16(14)22-17(25)12-24(4)20(26)19-13(3)18(21(27)28-5)15(7-2)23-19/h8-11,23H,6-7,12H2,1-5H3,(H,22,25). The van der Waals surface area contributed by atoms with Gasteiger partial charge >= 0.3 is 5.97 Å². The van der Waals surface area contributed by atoms with Crippen molar-refractivity contribution in [3.8, 4) is 0 Å². The van der Waals surface area contributed by atoms with Crippen molar-refractivity contribution in [2.45, 2.75) is 33.6 Å².